The lowest BCUT2D eigenvalue weighted by Crippen LogP contribution is -2.15. The van der Waals surface area contributed by atoms with Gasteiger partial charge in [0.15, 0.2) is 0 Å². The lowest BCUT2D eigenvalue weighted by molar-refractivity contribution is 0.0694. The van der Waals surface area contributed by atoms with Crippen molar-refractivity contribution in [1.29, 1.82) is 0 Å². The van der Waals surface area contributed by atoms with Crippen LogP contribution in [0.15, 0.2) is 53.0 Å². The summed E-state index contributed by atoms with van der Waals surface area (Å²) in [6.07, 6.45) is 0. The molecule has 0 saturated heterocycles. The normalized spacial score (nSPS) is 11.0. The van der Waals surface area contributed by atoms with Gasteiger partial charge in [-0.25, -0.2) is 4.79 Å². The predicted octanol–water partition coefficient (Wildman–Crippen LogP) is 5.56. The fourth-order valence-electron chi connectivity index (χ4n) is 3.44. The highest BCUT2D eigenvalue weighted by Crippen LogP contribution is 2.24. The molecule has 0 amide bonds. The lowest BCUT2D eigenvalue weighted by Gasteiger charge is -2.10. The third-order valence-corrected chi connectivity index (χ3v) is 5.64. The highest BCUT2D eigenvalue weighted by atomic mass is 79.9. The quantitative estimate of drug-likeness (QED) is 0.484. The van der Waals surface area contributed by atoms with Gasteiger partial charge in [-0.3, -0.25) is 0 Å². The second-order valence-corrected chi connectivity index (χ2v) is 8.13. The summed E-state index contributed by atoms with van der Waals surface area (Å²) < 4.78 is 3.09. The molecule has 0 aliphatic carbocycles. The van der Waals surface area contributed by atoms with Crippen LogP contribution in [0.5, 0.6) is 0 Å². The van der Waals surface area contributed by atoms with Crippen LogP contribution in [0.2, 0.25) is 5.02 Å². The zero-order valence-corrected chi connectivity index (χ0v) is 18.1. The van der Waals surface area contributed by atoms with E-state index in [-0.39, 0.29) is 0 Å². The number of aromatic carboxylic acids is 1. The van der Waals surface area contributed by atoms with Gasteiger partial charge in [-0.2, -0.15) is 0 Å². The first kappa shape index (κ1) is 20.6. The molecule has 0 radical (unpaired) electrons. The Morgan fingerprint density at radius 2 is 1.79 bits per heavy atom. The maximum Gasteiger partial charge on any atom is 0.337 e. The summed E-state index contributed by atoms with van der Waals surface area (Å²) in [5.41, 5.74) is 5.16. The number of nitrogens with one attached hydrogen (secondary N) is 1. The van der Waals surface area contributed by atoms with E-state index >= 15 is 0 Å². The van der Waals surface area contributed by atoms with Gasteiger partial charge in [-0.1, -0.05) is 51.8 Å². The molecule has 146 valence electrons. The zero-order valence-electron chi connectivity index (χ0n) is 15.8. The van der Waals surface area contributed by atoms with E-state index < -0.39 is 5.97 Å². The van der Waals surface area contributed by atoms with E-state index in [4.69, 9.17) is 11.6 Å². The van der Waals surface area contributed by atoms with E-state index in [0.717, 1.165) is 32.6 Å². The second-order valence-electron chi connectivity index (χ2n) is 6.78. The molecular weight excluding hydrogens is 440 g/mol. The van der Waals surface area contributed by atoms with Gasteiger partial charge in [-0.05, 0) is 49.2 Å². The van der Waals surface area contributed by atoms with Crippen LogP contribution in [-0.2, 0) is 19.6 Å². The summed E-state index contributed by atoms with van der Waals surface area (Å²) in [4.78, 5) is 11.9. The number of rotatable bonds is 7. The van der Waals surface area contributed by atoms with Crippen LogP contribution in [0.4, 0.5) is 0 Å². The van der Waals surface area contributed by atoms with Crippen LogP contribution in [-0.4, -0.2) is 15.6 Å². The minimum absolute atomic E-state index is 0.383. The Balaban J connectivity index is 1.83. The molecule has 0 fully saturated rings. The van der Waals surface area contributed by atoms with Crippen molar-refractivity contribution in [1.82, 2.24) is 9.88 Å². The summed E-state index contributed by atoms with van der Waals surface area (Å²) in [7, 11) is 0. The third kappa shape index (κ3) is 4.66. The molecule has 2 aromatic carbocycles. The molecule has 0 aliphatic rings. The van der Waals surface area contributed by atoms with Crippen LogP contribution >= 0.6 is 27.5 Å². The molecule has 3 aromatic rings. The molecular formula is C22H22BrClN2O2. The minimum atomic E-state index is -0.894. The van der Waals surface area contributed by atoms with Gasteiger partial charge in [-0.15, -0.1) is 0 Å². The van der Waals surface area contributed by atoms with Crippen LogP contribution in [0.3, 0.4) is 0 Å². The summed E-state index contributed by atoms with van der Waals surface area (Å²) in [6.45, 7) is 5.62. The van der Waals surface area contributed by atoms with Crippen molar-refractivity contribution in [3.63, 3.8) is 0 Å². The van der Waals surface area contributed by atoms with Gasteiger partial charge in [0.2, 0.25) is 0 Å². The largest absolute Gasteiger partial charge is 0.478 e. The molecule has 1 heterocycles. The number of benzene rings is 2. The van der Waals surface area contributed by atoms with Gasteiger partial charge >= 0.3 is 5.97 Å². The molecule has 0 atom stereocenters. The monoisotopic (exact) mass is 460 g/mol. The Hall–Kier alpha value is -2.08. The van der Waals surface area contributed by atoms with E-state index in [2.05, 4.69) is 31.9 Å². The molecule has 1 aromatic heterocycles. The molecule has 3 rings (SSSR count). The molecule has 4 nitrogen and oxygen atoms in total. The standard InChI is InChI=1S/C22H22BrClN2O2/c1-14-20(12-25-11-17-4-3-5-18(23)10-17)21(22(27)28)15(2)26(14)13-16-6-8-19(24)9-7-16/h3-10,25H,11-13H2,1-2H3,(H,27,28). The molecule has 0 spiro atoms. The Kier molecular flexibility index (Phi) is 6.60. The van der Waals surface area contributed by atoms with E-state index in [1.807, 2.05) is 56.3 Å². The van der Waals surface area contributed by atoms with Crippen LogP contribution in [0.25, 0.3) is 0 Å². The van der Waals surface area contributed by atoms with Crippen molar-refractivity contribution in [2.24, 2.45) is 0 Å². The summed E-state index contributed by atoms with van der Waals surface area (Å²) in [5.74, 6) is -0.894. The van der Waals surface area contributed by atoms with Crippen LogP contribution < -0.4 is 5.32 Å². The number of nitrogens with zero attached hydrogens (tertiary/aromatic N) is 1. The van der Waals surface area contributed by atoms with Crippen molar-refractivity contribution >= 4 is 33.5 Å². The van der Waals surface area contributed by atoms with E-state index in [0.29, 0.717) is 30.2 Å². The first-order chi connectivity index (χ1) is 13.4. The van der Waals surface area contributed by atoms with Crippen LogP contribution in [0.1, 0.15) is 38.4 Å². The first-order valence-corrected chi connectivity index (χ1v) is 10.2. The number of carboxylic acid groups (broad SMARTS) is 1. The lowest BCUT2D eigenvalue weighted by atomic mass is 10.1. The maximum absolute atomic E-state index is 11.9. The first-order valence-electron chi connectivity index (χ1n) is 8.98. The van der Waals surface area contributed by atoms with Gasteiger partial charge in [0.1, 0.15) is 0 Å². The Labute approximate surface area is 178 Å². The average molecular weight is 462 g/mol. The molecule has 0 unspecified atom stereocenters. The second kappa shape index (κ2) is 8.95. The number of halogens is 2. The van der Waals surface area contributed by atoms with Crippen molar-refractivity contribution in [2.75, 3.05) is 0 Å². The zero-order chi connectivity index (χ0) is 20.3. The number of hydrogen-bond donors (Lipinski definition) is 2. The predicted molar refractivity (Wildman–Crippen MR) is 116 cm³/mol. The Morgan fingerprint density at radius 1 is 1.07 bits per heavy atom. The molecule has 0 saturated carbocycles. The van der Waals surface area contributed by atoms with Gasteiger partial charge in [0.25, 0.3) is 0 Å². The van der Waals surface area contributed by atoms with Crippen LogP contribution in [0, 0.1) is 13.8 Å². The number of aromatic nitrogens is 1. The molecule has 0 bridgehead atoms. The third-order valence-electron chi connectivity index (χ3n) is 4.90. The summed E-state index contributed by atoms with van der Waals surface area (Å²) >= 11 is 9.44. The number of carboxylic acids is 1. The van der Waals surface area contributed by atoms with Gasteiger partial charge < -0.3 is 15.0 Å². The SMILES string of the molecule is Cc1c(CNCc2cccc(Br)c2)c(C(=O)O)c(C)n1Cc1ccc(Cl)cc1. The highest BCUT2D eigenvalue weighted by molar-refractivity contribution is 9.10. The minimum Gasteiger partial charge on any atom is -0.478 e. The Morgan fingerprint density at radius 3 is 2.43 bits per heavy atom. The fourth-order valence-corrected chi connectivity index (χ4v) is 4.01. The number of carbonyl (C=O) groups is 1. The van der Waals surface area contributed by atoms with Crippen molar-refractivity contribution in [3.8, 4) is 0 Å². The van der Waals surface area contributed by atoms with E-state index in [9.17, 15) is 9.90 Å². The molecule has 28 heavy (non-hydrogen) atoms. The summed E-state index contributed by atoms with van der Waals surface area (Å²) in [5, 5.41) is 13.8. The maximum atomic E-state index is 11.9. The van der Waals surface area contributed by atoms with Crippen molar-refractivity contribution in [2.45, 2.75) is 33.5 Å². The van der Waals surface area contributed by atoms with Gasteiger partial charge in [0.05, 0.1) is 5.56 Å². The fraction of sp³-hybridized carbons (Fsp3) is 0.227. The van der Waals surface area contributed by atoms with E-state index in [1.165, 1.54) is 0 Å². The molecule has 0 aliphatic heterocycles. The average Bonchev–Trinajstić information content (AvgIpc) is 2.88. The molecule has 6 heteroatoms. The highest BCUT2D eigenvalue weighted by Gasteiger charge is 2.22. The van der Waals surface area contributed by atoms with Crippen molar-refractivity contribution < 1.29 is 9.90 Å². The topological polar surface area (TPSA) is 54.3 Å². The van der Waals surface area contributed by atoms with Gasteiger partial charge in [0, 0.05) is 46.1 Å². The summed E-state index contributed by atoms with van der Waals surface area (Å²) in [6, 6.07) is 15.7. The number of hydrogen-bond acceptors (Lipinski definition) is 2. The molecule has 2 N–H and O–H groups in total. The van der Waals surface area contributed by atoms with E-state index in [1.54, 1.807) is 0 Å². The Bertz CT molecular complexity index is 997. The van der Waals surface area contributed by atoms with Crippen molar-refractivity contribution in [3.05, 3.63) is 91.7 Å². The smallest absolute Gasteiger partial charge is 0.337 e.